The van der Waals surface area contributed by atoms with Crippen molar-refractivity contribution in [3.8, 4) is 11.1 Å². The first-order valence-electron chi connectivity index (χ1n) is 21.4. The van der Waals surface area contributed by atoms with Crippen LogP contribution in [0.4, 0.5) is 0 Å². The molecular formula is C55H76Cl2Hf. The summed E-state index contributed by atoms with van der Waals surface area (Å²) in [4.78, 5) is 0. The van der Waals surface area contributed by atoms with Gasteiger partial charge >= 0.3 is 346 Å². The summed E-state index contributed by atoms with van der Waals surface area (Å²) in [5.41, 5.74) is 14.5. The fourth-order valence-corrected chi connectivity index (χ4v) is 34.4. The molecular weight excluding hydrogens is 910 g/mol. The molecule has 4 aromatic rings. The first-order valence-corrected chi connectivity index (χ1v) is 31.1. The summed E-state index contributed by atoms with van der Waals surface area (Å²) in [5.74, 6) is 0. The summed E-state index contributed by atoms with van der Waals surface area (Å²) in [6.45, 7) is 43.1. The van der Waals surface area contributed by atoms with Crippen LogP contribution in [0.3, 0.4) is 0 Å². The van der Waals surface area contributed by atoms with Gasteiger partial charge in [-0.3, -0.25) is 0 Å². The van der Waals surface area contributed by atoms with Gasteiger partial charge in [-0.15, -0.1) is 24.8 Å². The molecule has 2 aliphatic carbocycles. The van der Waals surface area contributed by atoms with Gasteiger partial charge in [-0.1, -0.05) is 0 Å². The van der Waals surface area contributed by atoms with Crippen LogP contribution in [-0.4, -0.2) is 4.26 Å². The van der Waals surface area contributed by atoms with Crippen LogP contribution in [-0.2, 0) is 56.9 Å². The van der Waals surface area contributed by atoms with Gasteiger partial charge < -0.3 is 0 Å². The molecule has 0 aromatic heterocycles. The molecule has 0 radical (unpaired) electrons. The Kier molecular flexibility index (Phi) is 12.7. The van der Waals surface area contributed by atoms with Gasteiger partial charge in [-0.25, -0.2) is 0 Å². The van der Waals surface area contributed by atoms with Crippen LogP contribution in [0.5, 0.6) is 0 Å². The van der Waals surface area contributed by atoms with Crippen LogP contribution in [0.1, 0.15) is 176 Å². The van der Waals surface area contributed by atoms with E-state index in [4.69, 9.17) is 4.26 Å². The van der Waals surface area contributed by atoms with E-state index in [0.29, 0.717) is 0 Å². The molecule has 314 valence electrons. The van der Waals surface area contributed by atoms with Crippen LogP contribution < -0.4 is 9.96 Å². The van der Waals surface area contributed by atoms with Crippen LogP contribution in [0.15, 0.2) is 88.3 Å². The van der Waals surface area contributed by atoms with E-state index >= 15 is 0 Å². The zero-order chi connectivity index (χ0) is 41.8. The van der Waals surface area contributed by atoms with Crippen molar-refractivity contribution in [1.29, 1.82) is 0 Å². The van der Waals surface area contributed by atoms with Crippen molar-refractivity contribution in [2.24, 2.45) is 0 Å². The summed E-state index contributed by atoms with van der Waals surface area (Å²) in [5, 5.41) is 0. The fourth-order valence-electron chi connectivity index (χ4n) is 10.1. The zero-order valence-electron chi connectivity index (χ0n) is 39.5. The molecule has 58 heavy (non-hydrogen) atoms. The molecule has 0 heterocycles. The molecule has 0 saturated carbocycles. The minimum atomic E-state index is -5.35. The Morgan fingerprint density at radius 1 is 0.483 bits per heavy atom. The van der Waals surface area contributed by atoms with Gasteiger partial charge in [0.25, 0.3) is 0 Å². The quantitative estimate of drug-likeness (QED) is 0.157. The molecule has 0 aliphatic heterocycles. The van der Waals surface area contributed by atoms with Gasteiger partial charge in [-0.05, 0) is 0 Å². The average molecular weight is 987 g/mol. The second-order valence-corrected chi connectivity index (χ2v) is 42.6. The zero-order valence-corrected chi connectivity index (χ0v) is 44.7. The second kappa shape index (κ2) is 15.2. The van der Waals surface area contributed by atoms with Gasteiger partial charge in [0.1, 0.15) is 0 Å². The number of halogens is 2. The predicted molar refractivity (Wildman–Crippen MR) is 262 cm³/mol. The van der Waals surface area contributed by atoms with Gasteiger partial charge in [0.15, 0.2) is 0 Å². The minimum absolute atomic E-state index is 0. The summed E-state index contributed by atoms with van der Waals surface area (Å²) in [6, 6.07) is 27.7. The molecule has 0 saturated heterocycles. The van der Waals surface area contributed by atoms with Crippen LogP contribution in [0, 0.1) is 0 Å². The normalized spacial score (nSPS) is 15.1. The Morgan fingerprint density at radius 2 is 0.897 bits per heavy atom. The van der Waals surface area contributed by atoms with Crippen LogP contribution >= 0.6 is 24.8 Å². The van der Waals surface area contributed by atoms with Crippen LogP contribution in [0.25, 0.3) is 11.1 Å². The van der Waals surface area contributed by atoms with Crippen molar-refractivity contribution in [1.82, 2.24) is 0 Å². The molecule has 0 amide bonds. The van der Waals surface area contributed by atoms with Gasteiger partial charge in [0, 0.05) is 0 Å². The Morgan fingerprint density at radius 3 is 1.26 bits per heavy atom. The number of hydrogen-bond acceptors (Lipinski definition) is 0. The van der Waals surface area contributed by atoms with Crippen LogP contribution in [0.2, 0.25) is 0 Å². The van der Waals surface area contributed by atoms with E-state index in [1.165, 1.54) is 62.3 Å². The molecule has 0 unspecified atom stereocenters. The van der Waals surface area contributed by atoms with E-state index in [1.807, 2.05) is 0 Å². The van der Waals surface area contributed by atoms with Crippen molar-refractivity contribution in [3.63, 3.8) is 0 Å². The Labute approximate surface area is 368 Å². The maximum absolute atomic E-state index is 6.04. The van der Waals surface area contributed by atoms with Gasteiger partial charge in [0.05, 0.1) is 0 Å². The van der Waals surface area contributed by atoms with Crippen molar-refractivity contribution >= 4 is 39.0 Å². The van der Waals surface area contributed by atoms with E-state index in [-0.39, 0.29) is 57.3 Å². The molecule has 0 fully saturated rings. The molecule has 0 spiro atoms. The molecule has 3 heteroatoms. The third kappa shape index (κ3) is 7.97. The topological polar surface area (TPSA) is 0 Å². The molecule has 0 atom stereocenters. The van der Waals surface area contributed by atoms with Crippen molar-refractivity contribution in [2.45, 2.75) is 170 Å². The average Bonchev–Trinajstić information content (AvgIpc) is 3.73. The van der Waals surface area contributed by atoms with E-state index in [0.717, 1.165) is 12.8 Å². The summed E-state index contributed by atoms with van der Waals surface area (Å²) < 4.78 is 12.1. The van der Waals surface area contributed by atoms with Crippen molar-refractivity contribution in [3.05, 3.63) is 133 Å². The van der Waals surface area contributed by atoms with E-state index in [1.54, 1.807) is 6.65 Å². The third-order valence-corrected chi connectivity index (χ3v) is 37.2. The number of fused-ring (bicyclic) bond motifs is 3. The molecule has 2 aliphatic rings. The number of benzene rings is 4. The Balaban J connectivity index is 0.00000372. The summed E-state index contributed by atoms with van der Waals surface area (Å²) in [6.07, 6.45) is 9.10. The first kappa shape index (κ1) is 48.3. The molecule has 0 bridgehead atoms. The van der Waals surface area contributed by atoms with Crippen molar-refractivity contribution in [2.75, 3.05) is 0 Å². The number of hydrogen-bond donors (Lipinski definition) is 0. The number of allylic oxidation sites excluding steroid dienone is 4. The maximum atomic E-state index is 6.04. The third-order valence-electron chi connectivity index (χ3n) is 13.3. The van der Waals surface area contributed by atoms with Crippen molar-refractivity contribution < 1.29 is 18.0 Å². The Hall–Kier alpha value is -2.32. The monoisotopic (exact) mass is 986 g/mol. The molecule has 0 N–H and O–H groups in total. The Bertz CT molecular complexity index is 2260. The second-order valence-electron chi connectivity index (χ2n) is 23.9. The molecule has 0 nitrogen and oxygen atoms in total. The standard InChI is InChI=1S/C29H41.2C10H13.C5H5.CH2.2ClH.Hf/c1-26(2,3)22-14-18-13-19-15-23(27(4,5)6)25(29(10,11)12)17-21(19)20(18)16-24(22)28(7,8)9;2*1-10(2,3)9-7-5-4-6-8-9;1-2-4-5-3-1;;;;/h14,16-17H,13H2,1-12H3;2*5-8H,1-3H3;1-3H,4H2;1H2;2*1H;. The fraction of sp³-hybridized carbons (Fsp3) is 0.473. The SMILES string of the molecule is Cl.Cl.[CH2]=[Hf]([C]1=CC=CC1)([c]1ccc(C(C)(C)C)cc1)([c]1ccc(C(C)(C)C)cc1)[c]1c2c(cc(C(C)(C)C)c1C(C)(C)C)-c1cc(C(C)(C)C)c(C(C)(C)C)cc1C2. The summed E-state index contributed by atoms with van der Waals surface area (Å²) >= 11 is -5.35. The first-order chi connectivity index (χ1) is 25.4. The van der Waals surface area contributed by atoms with Gasteiger partial charge in [0.2, 0.25) is 0 Å². The van der Waals surface area contributed by atoms with Gasteiger partial charge in [-0.2, -0.15) is 0 Å². The van der Waals surface area contributed by atoms with E-state index in [9.17, 15) is 0 Å². The number of rotatable bonds is 4. The predicted octanol–water partition coefficient (Wildman–Crippen LogP) is 14.1. The molecule has 6 rings (SSSR count). The van der Waals surface area contributed by atoms with E-state index in [2.05, 4.69) is 210 Å². The summed E-state index contributed by atoms with van der Waals surface area (Å²) in [7, 11) is 0. The molecule has 4 aromatic carbocycles. The van der Waals surface area contributed by atoms with E-state index < -0.39 is 18.0 Å².